The van der Waals surface area contributed by atoms with Gasteiger partial charge in [0.25, 0.3) is 0 Å². The number of nitrogens with one attached hydrogen (secondary N) is 1. The van der Waals surface area contributed by atoms with Crippen LogP contribution in [0.1, 0.15) is 12.5 Å². The first-order chi connectivity index (χ1) is 8.20. The fraction of sp³-hybridized carbons (Fsp3) is 0.500. The molecular formula is C12H19N5. The number of hydrogen-bond donors (Lipinski definition) is 2. The number of nitrogens with two attached hydrogens (primary N) is 1. The number of pyridine rings is 1. The number of anilines is 1. The molecule has 0 unspecified atom stereocenters. The predicted octanol–water partition coefficient (Wildman–Crippen LogP) is 0.508. The lowest BCUT2D eigenvalue weighted by atomic mass is 10.2. The number of piperazine rings is 1. The summed E-state index contributed by atoms with van der Waals surface area (Å²) >= 11 is 0. The second-order valence-corrected chi connectivity index (χ2v) is 4.24. The molecule has 17 heavy (non-hydrogen) atoms. The zero-order chi connectivity index (χ0) is 12.3. The SMILES string of the molecule is CCN1CCN(c2ccc(C(=N)N)cn2)CC1. The molecule has 3 N–H and O–H groups in total. The van der Waals surface area contributed by atoms with E-state index in [1.165, 1.54) is 0 Å². The van der Waals surface area contributed by atoms with E-state index in [9.17, 15) is 0 Å². The van der Waals surface area contributed by atoms with Gasteiger partial charge in [-0.25, -0.2) is 4.98 Å². The van der Waals surface area contributed by atoms with Gasteiger partial charge in [-0.3, -0.25) is 5.41 Å². The Balaban J connectivity index is 2.01. The molecule has 0 spiro atoms. The lowest BCUT2D eigenvalue weighted by Gasteiger charge is -2.34. The summed E-state index contributed by atoms with van der Waals surface area (Å²) in [5.74, 6) is 1.05. The first kappa shape index (κ1) is 11.9. The molecule has 0 bridgehead atoms. The molecule has 1 aliphatic heterocycles. The van der Waals surface area contributed by atoms with Gasteiger partial charge in [0.15, 0.2) is 0 Å². The summed E-state index contributed by atoms with van der Waals surface area (Å²) in [6, 6.07) is 3.80. The van der Waals surface area contributed by atoms with Gasteiger partial charge in [-0.1, -0.05) is 6.92 Å². The van der Waals surface area contributed by atoms with E-state index in [2.05, 4.69) is 21.7 Å². The maximum atomic E-state index is 7.32. The van der Waals surface area contributed by atoms with Crippen molar-refractivity contribution in [2.24, 2.45) is 5.73 Å². The molecule has 1 aromatic rings. The molecule has 0 atom stereocenters. The lowest BCUT2D eigenvalue weighted by molar-refractivity contribution is 0.270. The van der Waals surface area contributed by atoms with Crippen molar-refractivity contribution < 1.29 is 0 Å². The van der Waals surface area contributed by atoms with Crippen molar-refractivity contribution in [2.75, 3.05) is 37.6 Å². The van der Waals surface area contributed by atoms with Gasteiger partial charge in [-0.05, 0) is 18.7 Å². The smallest absolute Gasteiger partial charge is 0.128 e. The van der Waals surface area contributed by atoms with Crippen molar-refractivity contribution in [3.63, 3.8) is 0 Å². The van der Waals surface area contributed by atoms with E-state index in [4.69, 9.17) is 11.1 Å². The van der Waals surface area contributed by atoms with Gasteiger partial charge in [-0.15, -0.1) is 0 Å². The standard InChI is InChI=1S/C12H19N5/c1-2-16-5-7-17(8-6-16)11-4-3-10(9-15-11)12(13)14/h3-4,9H,2,5-8H2,1H3,(H3,13,14). The number of hydrogen-bond acceptors (Lipinski definition) is 4. The van der Waals surface area contributed by atoms with Crippen molar-refractivity contribution in [3.05, 3.63) is 23.9 Å². The van der Waals surface area contributed by atoms with Gasteiger partial charge in [0, 0.05) is 37.9 Å². The zero-order valence-corrected chi connectivity index (χ0v) is 10.2. The molecule has 2 heterocycles. The maximum absolute atomic E-state index is 7.32. The highest BCUT2D eigenvalue weighted by molar-refractivity contribution is 5.94. The molecule has 0 aromatic carbocycles. The molecule has 1 aliphatic rings. The molecular weight excluding hydrogens is 214 g/mol. The normalized spacial score (nSPS) is 17.1. The Morgan fingerprint density at radius 1 is 1.35 bits per heavy atom. The van der Waals surface area contributed by atoms with Crippen molar-refractivity contribution in [3.8, 4) is 0 Å². The Labute approximate surface area is 102 Å². The molecule has 0 saturated carbocycles. The first-order valence-electron chi connectivity index (χ1n) is 5.98. The zero-order valence-electron chi connectivity index (χ0n) is 10.2. The van der Waals surface area contributed by atoms with E-state index in [0.29, 0.717) is 5.56 Å². The fourth-order valence-corrected chi connectivity index (χ4v) is 2.03. The van der Waals surface area contributed by atoms with E-state index >= 15 is 0 Å². The molecule has 92 valence electrons. The topological polar surface area (TPSA) is 69.2 Å². The van der Waals surface area contributed by atoms with Gasteiger partial charge in [0.2, 0.25) is 0 Å². The summed E-state index contributed by atoms with van der Waals surface area (Å²) in [7, 11) is 0. The van der Waals surface area contributed by atoms with Crippen molar-refractivity contribution in [2.45, 2.75) is 6.92 Å². The molecule has 2 rings (SSSR count). The monoisotopic (exact) mass is 233 g/mol. The minimum Gasteiger partial charge on any atom is -0.384 e. The Hall–Kier alpha value is -1.62. The number of amidine groups is 1. The van der Waals surface area contributed by atoms with Crippen LogP contribution in [0, 0.1) is 5.41 Å². The molecule has 1 fully saturated rings. The minimum atomic E-state index is 0.0693. The molecule has 1 aromatic heterocycles. The number of nitrogen functional groups attached to an aromatic ring is 1. The van der Waals surface area contributed by atoms with Crippen molar-refractivity contribution in [1.82, 2.24) is 9.88 Å². The van der Waals surface area contributed by atoms with E-state index in [-0.39, 0.29) is 5.84 Å². The summed E-state index contributed by atoms with van der Waals surface area (Å²) < 4.78 is 0. The second-order valence-electron chi connectivity index (χ2n) is 4.24. The molecule has 1 saturated heterocycles. The van der Waals surface area contributed by atoms with Crippen LogP contribution in [0.2, 0.25) is 0 Å². The largest absolute Gasteiger partial charge is 0.384 e. The molecule has 0 amide bonds. The van der Waals surface area contributed by atoms with Crippen molar-refractivity contribution >= 4 is 11.7 Å². The van der Waals surface area contributed by atoms with Crippen LogP contribution in [0.3, 0.4) is 0 Å². The average molecular weight is 233 g/mol. The first-order valence-corrected chi connectivity index (χ1v) is 5.98. The Morgan fingerprint density at radius 2 is 2.06 bits per heavy atom. The molecule has 0 aliphatic carbocycles. The number of aromatic nitrogens is 1. The van der Waals surface area contributed by atoms with Gasteiger partial charge < -0.3 is 15.5 Å². The second kappa shape index (κ2) is 5.14. The van der Waals surface area contributed by atoms with Gasteiger partial charge in [0.05, 0.1) is 0 Å². The van der Waals surface area contributed by atoms with Crippen LogP contribution in [0.25, 0.3) is 0 Å². The van der Waals surface area contributed by atoms with Crippen LogP contribution in [0.5, 0.6) is 0 Å². The number of rotatable bonds is 3. The third-order valence-electron chi connectivity index (χ3n) is 3.20. The number of likely N-dealkylation sites (N-methyl/N-ethyl adjacent to an activating group) is 1. The fourth-order valence-electron chi connectivity index (χ4n) is 2.03. The third kappa shape index (κ3) is 2.74. The summed E-state index contributed by atoms with van der Waals surface area (Å²) in [5.41, 5.74) is 6.08. The summed E-state index contributed by atoms with van der Waals surface area (Å²) in [6.07, 6.45) is 1.67. The van der Waals surface area contributed by atoms with Crippen LogP contribution in [-0.2, 0) is 0 Å². The highest BCUT2D eigenvalue weighted by Gasteiger charge is 2.16. The summed E-state index contributed by atoms with van der Waals surface area (Å²) in [5, 5.41) is 7.32. The van der Waals surface area contributed by atoms with Crippen LogP contribution in [0.4, 0.5) is 5.82 Å². The number of nitrogens with zero attached hydrogens (tertiary/aromatic N) is 3. The third-order valence-corrected chi connectivity index (χ3v) is 3.20. The lowest BCUT2D eigenvalue weighted by Crippen LogP contribution is -2.46. The summed E-state index contributed by atoms with van der Waals surface area (Å²) in [4.78, 5) is 9.07. The highest BCUT2D eigenvalue weighted by atomic mass is 15.3. The van der Waals surface area contributed by atoms with Crippen LogP contribution in [-0.4, -0.2) is 48.4 Å². The van der Waals surface area contributed by atoms with E-state index < -0.39 is 0 Å². The summed E-state index contributed by atoms with van der Waals surface area (Å²) in [6.45, 7) is 7.51. The average Bonchev–Trinajstić information content (AvgIpc) is 2.39. The Kier molecular flexibility index (Phi) is 3.58. The maximum Gasteiger partial charge on any atom is 0.128 e. The quantitative estimate of drug-likeness (QED) is 0.589. The van der Waals surface area contributed by atoms with Crippen molar-refractivity contribution in [1.29, 1.82) is 5.41 Å². The molecule has 5 nitrogen and oxygen atoms in total. The Morgan fingerprint density at radius 3 is 2.53 bits per heavy atom. The van der Waals surface area contributed by atoms with Gasteiger partial charge >= 0.3 is 0 Å². The minimum absolute atomic E-state index is 0.0693. The van der Waals surface area contributed by atoms with E-state index in [0.717, 1.165) is 38.5 Å². The van der Waals surface area contributed by atoms with Crippen LogP contribution >= 0.6 is 0 Å². The Bertz CT molecular complexity index is 378. The van der Waals surface area contributed by atoms with Gasteiger partial charge in [0.1, 0.15) is 11.7 Å². The van der Waals surface area contributed by atoms with E-state index in [1.807, 2.05) is 12.1 Å². The van der Waals surface area contributed by atoms with Gasteiger partial charge in [-0.2, -0.15) is 0 Å². The van der Waals surface area contributed by atoms with Crippen LogP contribution in [0.15, 0.2) is 18.3 Å². The highest BCUT2D eigenvalue weighted by Crippen LogP contribution is 2.13. The predicted molar refractivity (Wildman–Crippen MR) is 69.6 cm³/mol. The molecule has 0 radical (unpaired) electrons. The van der Waals surface area contributed by atoms with E-state index in [1.54, 1.807) is 6.20 Å². The van der Waals surface area contributed by atoms with Crippen LogP contribution < -0.4 is 10.6 Å². The molecule has 5 heteroatoms.